The van der Waals surface area contributed by atoms with Gasteiger partial charge < -0.3 is 20.3 Å². The SMILES string of the molecule is Cc1cc(C)c(O)c(C(Nc2ccc(C#N)cc2)C(=O)[O-])c1. The third-order valence-corrected chi connectivity index (χ3v) is 3.35. The van der Waals surface area contributed by atoms with E-state index in [0.717, 1.165) is 5.56 Å². The molecule has 1 unspecified atom stereocenters. The van der Waals surface area contributed by atoms with Gasteiger partial charge in [-0.3, -0.25) is 0 Å². The van der Waals surface area contributed by atoms with Crippen molar-refractivity contribution in [1.29, 1.82) is 5.26 Å². The first-order valence-electron chi connectivity index (χ1n) is 6.70. The van der Waals surface area contributed by atoms with Gasteiger partial charge in [0.25, 0.3) is 0 Å². The number of hydrogen-bond acceptors (Lipinski definition) is 5. The summed E-state index contributed by atoms with van der Waals surface area (Å²) in [5.41, 5.74) is 2.69. The van der Waals surface area contributed by atoms with Crippen LogP contribution < -0.4 is 10.4 Å². The number of nitriles is 1. The van der Waals surface area contributed by atoms with Crippen molar-refractivity contribution in [2.45, 2.75) is 19.9 Å². The van der Waals surface area contributed by atoms with Crippen LogP contribution in [0.4, 0.5) is 5.69 Å². The summed E-state index contributed by atoms with van der Waals surface area (Å²) in [4.78, 5) is 11.5. The molecule has 22 heavy (non-hydrogen) atoms. The summed E-state index contributed by atoms with van der Waals surface area (Å²) in [5, 5.41) is 33.2. The van der Waals surface area contributed by atoms with Crippen LogP contribution in [-0.2, 0) is 4.79 Å². The summed E-state index contributed by atoms with van der Waals surface area (Å²) in [7, 11) is 0. The fourth-order valence-electron chi connectivity index (χ4n) is 2.28. The molecule has 0 aliphatic rings. The Labute approximate surface area is 128 Å². The molecule has 0 aliphatic heterocycles. The number of carbonyl (C=O) groups is 1. The van der Waals surface area contributed by atoms with Crippen LogP contribution in [0.3, 0.4) is 0 Å². The average molecular weight is 295 g/mol. The Morgan fingerprint density at radius 2 is 1.91 bits per heavy atom. The molecule has 0 saturated carbocycles. The summed E-state index contributed by atoms with van der Waals surface area (Å²) >= 11 is 0. The minimum atomic E-state index is -1.34. The van der Waals surface area contributed by atoms with Gasteiger partial charge in [-0.25, -0.2) is 0 Å². The second-order valence-electron chi connectivity index (χ2n) is 5.11. The molecule has 112 valence electrons. The van der Waals surface area contributed by atoms with Gasteiger partial charge in [-0.1, -0.05) is 11.6 Å². The quantitative estimate of drug-likeness (QED) is 0.896. The number of rotatable bonds is 4. The molecule has 0 spiro atoms. The number of carboxylic acid groups (broad SMARTS) is 1. The molecule has 0 radical (unpaired) electrons. The number of anilines is 1. The van der Waals surface area contributed by atoms with Gasteiger partial charge in [0.05, 0.1) is 23.6 Å². The Morgan fingerprint density at radius 3 is 2.45 bits per heavy atom. The Kier molecular flexibility index (Phi) is 4.33. The van der Waals surface area contributed by atoms with Crippen LogP contribution in [-0.4, -0.2) is 11.1 Å². The zero-order valence-electron chi connectivity index (χ0n) is 12.3. The summed E-state index contributed by atoms with van der Waals surface area (Å²) in [5.74, 6) is -1.41. The van der Waals surface area contributed by atoms with E-state index in [1.165, 1.54) is 0 Å². The third kappa shape index (κ3) is 3.18. The lowest BCUT2D eigenvalue weighted by Gasteiger charge is -2.23. The number of phenols is 1. The van der Waals surface area contributed by atoms with E-state index in [4.69, 9.17) is 5.26 Å². The number of aromatic hydroxyl groups is 1. The molecule has 2 rings (SSSR count). The fraction of sp³-hybridized carbons (Fsp3) is 0.176. The van der Waals surface area contributed by atoms with Gasteiger partial charge in [0, 0.05) is 11.3 Å². The minimum Gasteiger partial charge on any atom is -0.548 e. The van der Waals surface area contributed by atoms with E-state index < -0.39 is 12.0 Å². The van der Waals surface area contributed by atoms with Crippen molar-refractivity contribution in [3.63, 3.8) is 0 Å². The van der Waals surface area contributed by atoms with Crippen LogP contribution in [0.5, 0.6) is 5.75 Å². The van der Waals surface area contributed by atoms with Crippen LogP contribution in [0.25, 0.3) is 0 Å². The molecule has 0 aliphatic carbocycles. The average Bonchev–Trinajstić information content (AvgIpc) is 2.49. The molecule has 0 amide bonds. The van der Waals surface area contributed by atoms with Crippen molar-refractivity contribution >= 4 is 11.7 Å². The van der Waals surface area contributed by atoms with Crippen LogP contribution in [0, 0.1) is 25.2 Å². The van der Waals surface area contributed by atoms with E-state index in [9.17, 15) is 15.0 Å². The Bertz CT molecular complexity index is 746. The Hall–Kier alpha value is -3.00. The zero-order chi connectivity index (χ0) is 16.3. The summed E-state index contributed by atoms with van der Waals surface area (Å²) in [6.45, 7) is 3.53. The van der Waals surface area contributed by atoms with Gasteiger partial charge in [-0.2, -0.15) is 5.26 Å². The Balaban J connectivity index is 2.39. The highest BCUT2D eigenvalue weighted by Crippen LogP contribution is 2.31. The molecular weight excluding hydrogens is 280 g/mol. The van der Waals surface area contributed by atoms with E-state index in [-0.39, 0.29) is 11.3 Å². The number of phenolic OH excluding ortho intramolecular Hbond substituents is 1. The summed E-state index contributed by atoms with van der Waals surface area (Å²) in [6.07, 6.45) is 0. The Morgan fingerprint density at radius 1 is 1.27 bits per heavy atom. The number of benzene rings is 2. The maximum Gasteiger partial charge on any atom is 0.124 e. The molecule has 0 aromatic heterocycles. The predicted octanol–water partition coefficient (Wildman–Crippen LogP) is 1.78. The van der Waals surface area contributed by atoms with Crippen LogP contribution in [0.1, 0.15) is 28.3 Å². The minimum absolute atomic E-state index is 0.0686. The second kappa shape index (κ2) is 6.19. The molecule has 2 aromatic rings. The highest BCUT2D eigenvalue weighted by atomic mass is 16.4. The molecule has 0 heterocycles. The summed E-state index contributed by atoms with van der Waals surface area (Å²) in [6, 6.07) is 10.6. The number of nitrogens with one attached hydrogen (secondary N) is 1. The third-order valence-electron chi connectivity index (χ3n) is 3.35. The van der Waals surface area contributed by atoms with Crippen molar-refractivity contribution in [3.8, 4) is 11.8 Å². The maximum atomic E-state index is 11.5. The fourth-order valence-corrected chi connectivity index (χ4v) is 2.28. The van der Waals surface area contributed by atoms with E-state index >= 15 is 0 Å². The topological polar surface area (TPSA) is 96.2 Å². The second-order valence-corrected chi connectivity index (χ2v) is 5.11. The molecule has 0 bridgehead atoms. The molecule has 1 atom stereocenters. The molecular formula is C17H15N2O3-. The molecule has 2 aromatic carbocycles. The summed E-state index contributed by atoms with van der Waals surface area (Å²) < 4.78 is 0. The van der Waals surface area contributed by atoms with Gasteiger partial charge in [0.1, 0.15) is 5.75 Å². The van der Waals surface area contributed by atoms with Gasteiger partial charge in [-0.05, 0) is 49.7 Å². The molecule has 0 saturated heterocycles. The lowest BCUT2D eigenvalue weighted by atomic mass is 9.99. The van der Waals surface area contributed by atoms with Crippen molar-refractivity contribution in [1.82, 2.24) is 0 Å². The maximum absolute atomic E-state index is 11.5. The molecule has 0 fully saturated rings. The monoisotopic (exact) mass is 295 g/mol. The first-order valence-corrected chi connectivity index (χ1v) is 6.70. The number of aliphatic carboxylic acids is 1. The lowest BCUT2D eigenvalue weighted by molar-refractivity contribution is -0.307. The van der Waals surface area contributed by atoms with E-state index in [1.807, 2.05) is 13.0 Å². The zero-order valence-corrected chi connectivity index (χ0v) is 12.3. The van der Waals surface area contributed by atoms with Crippen LogP contribution >= 0.6 is 0 Å². The number of carboxylic acids is 1. The van der Waals surface area contributed by atoms with Crippen LogP contribution in [0.15, 0.2) is 36.4 Å². The van der Waals surface area contributed by atoms with E-state index in [2.05, 4.69) is 5.32 Å². The van der Waals surface area contributed by atoms with Gasteiger partial charge in [0.15, 0.2) is 0 Å². The highest BCUT2D eigenvalue weighted by Gasteiger charge is 2.18. The number of nitrogens with zero attached hydrogens (tertiary/aromatic N) is 1. The highest BCUT2D eigenvalue weighted by molar-refractivity contribution is 5.79. The first-order chi connectivity index (χ1) is 10.4. The first kappa shape index (κ1) is 15.4. The van der Waals surface area contributed by atoms with Crippen molar-refractivity contribution in [2.24, 2.45) is 0 Å². The molecule has 5 heteroatoms. The van der Waals surface area contributed by atoms with Crippen molar-refractivity contribution in [2.75, 3.05) is 5.32 Å². The standard InChI is InChI=1S/C17H16N2O3/c1-10-7-11(2)16(20)14(8-10)15(17(21)22)19-13-5-3-12(9-18)4-6-13/h3-8,15,19-20H,1-2H3,(H,21,22)/p-1. The number of aryl methyl sites for hydroxylation is 2. The smallest absolute Gasteiger partial charge is 0.124 e. The molecule has 2 N–H and O–H groups in total. The lowest BCUT2D eigenvalue weighted by Crippen LogP contribution is -2.34. The van der Waals surface area contributed by atoms with E-state index in [0.29, 0.717) is 16.8 Å². The predicted molar refractivity (Wildman–Crippen MR) is 80.1 cm³/mol. The number of hydrogen-bond donors (Lipinski definition) is 2. The van der Waals surface area contributed by atoms with Crippen molar-refractivity contribution in [3.05, 3.63) is 58.7 Å². The normalized spacial score (nSPS) is 11.5. The van der Waals surface area contributed by atoms with E-state index in [1.54, 1.807) is 43.3 Å². The van der Waals surface area contributed by atoms with Gasteiger partial charge >= 0.3 is 0 Å². The van der Waals surface area contributed by atoms with Crippen molar-refractivity contribution < 1.29 is 15.0 Å². The van der Waals surface area contributed by atoms with Gasteiger partial charge in [0.2, 0.25) is 0 Å². The number of carbonyl (C=O) groups excluding carboxylic acids is 1. The van der Waals surface area contributed by atoms with Gasteiger partial charge in [-0.15, -0.1) is 0 Å². The van der Waals surface area contributed by atoms with Crippen LogP contribution in [0.2, 0.25) is 0 Å². The molecule has 5 nitrogen and oxygen atoms in total. The largest absolute Gasteiger partial charge is 0.548 e.